The van der Waals surface area contributed by atoms with E-state index in [4.69, 9.17) is 16.3 Å². The van der Waals surface area contributed by atoms with Crippen molar-refractivity contribution in [3.63, 3.8) is 0 Å². The van der Waals surface area contributed by atoms with Gasteiger partial charge in [0.15, 0.2) is 6.10 Å². The van der Waals surface area contributed by atoms with Gasteiger partial charge in [0, 0.05) is 23.7 Å². The van der Waals surface area contributed by atoms with Gasteiger partial charge < -0.3 is 10.1 Å². The molecule has 8 heteroatoms. The molecule has 1 aromatic heterocycles. The van der Waals surface area contributed by atoms with Crippen LogP contribution in [-0.4, -0.2) is 21.8 Å². The minimum Gasteiger partial charge on any atom is -0.463 e. The Morgan fingerprint density at radius 3 is 2.59 bits per heavy atom. The molecule has 0 saturated carbocycles. The molecule has 150 valence electrons. The molecule has 0 aliphatic carbocycles. The second-order valence-electron chi connectivity index (χ2n) is 6.22. The van der Waals surface area contributed by atoms with Crippen molar-refractivity contribution in [3.8, 4) is 11.6 Å². The first-order valence-corrected chi connectivity index (χ1v) is 9.40. The molecule has 1 unspecified atom stereocenters. The van der Waals surface area contributed by atoms with Crippen molar-refractivity contribution in [3.05, 3.63) is 87.4 Å². The first kappa shape index (κ1) is 20.5. The summed E-state index contributed by atoms with van der Waals surface area (Å²) in [6, 6.07) is 15.2. The van der Waals surface area contributed by atoms with Crippen molar-refractivity contribution >= 4 is 17.5 Å². The molecule has 0 aliphatic rings. The fraction of sp³-hybridized carbons (Fsp3) is 0.190. The van der Waals surface area contributed by atoms with E-state index < -0.39 is 17.5 Å². The number of carbonyl (C=O) groups is 1. The number of ether oxygens (including phenoxy) is 1. The molecule has 0 fully saturated rings. The van der Waals surface area contributed by atoms with Crippen molar-refractivity contribution in [1.29, 1.82) is 0 Å². The topological polar surface area (TPSA) is 73.2 Å². The monoisotopic (exact) mass is 415 g/mol. The smallest absolute Gasteiger partial charge is 0.271 e. The van der Waals surface area contributed by atoms with Gasteiger partial charge in [-0.1, -0.05) is 36.7 Å². The molecule has 2 aromatic carbocycles. The predicted octanol–water partition coefficient (Wildman–Crippen LogP) is 3.50. The molecular formula is C21H19ClFN3O3. The molecule has 0 spiro atoms. The second kappa shape index (κ2) is 9.34. The van der Waals surface area contributed by atoms with Crippen molar-refractivity contribution < 1.29 is 13.9 Å². The Bertz CT molecular complexity index is 1050. The maximum Gasteiger partial charge on any atom is 0.271 e. The van der Waals surface area contributed by atoms with Crippen molar-refractivity contribution in [2.24, 2.45) is 0 Å². The van der Waals surface area contributed by atoms with Gasteiger partial charge in [-0.05, 0) is 42.3 Å². The largest absolute Gasteiger partial charge is 0.463 e. The van der Waals surface area contributed by atoms with Gasteiger partial charge in [0.25, 0.3) is 11.5 Å². The molecule has 3 rings (SSSR count). The number of hydrogen-bond donors (Lipinski definition) is 1. The van der Waals surface area contributed by atoms with Crippen molar-refractivity contribution in [2.45, 2.75) is 26.0 Å². The highest BCUT2D eigenvalue weighted by Crippen LogP contribution is 2.15. The van der Waals surface area contributed by atoms with E-state index in [1.807, 2.05) is 18.2 Å². The van der Waals surface area contributed by atoms with Crippen molar-refractivity contribution in [1.82, 2.24) is 15.1 Å². The maximum atomic E-state index is 13.1. The van der Waals surface area contributed by atoms with Crippen LogP contribution >= 0.6 is 11.6 Å². The van der Waals surface area contributed by atoms with Crippen molar-refractivity contribution in [2.75, 3.05) is 0 Å². The third kappa shape index (κ3) is 5.20. The summed E-state index contributed by atoms with van der Waals surface area (Å²) in [7, 11) is 0. The fourth-order valence-electron chi connectivity index (χ4n) is 2.63. The second-order valence-corrected chi connectivity index (χ2v) is 6.63. The van der Waals surface area contributed by atoms with Crippen LogP contribution in [0.3, 0.4) is 0 Å². The van der Waals surface area contributed by atoms with Gasteiger partial charge >= 0.3 is 0 Å². The fourth-order valence-corrected chi connectivity index (χ4v) is 2.83. The molecule has 1 N–H and O–H groups in total. The normalized spacial score (nSPS) is 11.7. The lowest BCUT2D eigenvalue weighted by atomic mass is 10.2. The molecule has 0 aliphatic heterocycles. The van der Waals surface area contributed by atoms with Crippen LogP contribution in [0.1, 0.15) is 18.9 Å². The summed E-state index contributed by atoms with van der Waals surface area (Å²) in [6.45, 7) is 2.07. The minimum absolute atomic E-state index is 0.105. The van der Waals surface area contributed by atoms with Crippen LogP contribution in [-0.2, 0) is 11.3 Å². The Kier molecular flexibility index (Phi) is 6.61. The third-order valence-electron chi connectivity index (χ3n) is 4.18. The molecule has 29 heavy (non-hydrogen) atoms. The lowest BCUT2D eigenvalue weighted by Gasteiger charge is -2.17. The lowest BCUT2D eigenvalue weighted by molar-refractivity contribution is -0.128. The van der Waals surface area contributed by atoms with E-state index in [0.29, 0.717) is 17.1 Å². The number of benzene rings is 2. The zero-order chi connectivity index (χ0) is 20.8. The number of nitrogens with one attached hydrogen (secondary N) is 1. The molecule has 1 atom stereocenters. The van der Waals surface area contributed by atoms with E-state index in [1.165, 1.54) is 36.4 Å². The molecule has 3 aromatic rings. The first-order valence-electron chi connectivity index (χ1n) is 9.02. The highest BCUT2D eigenvalue weighted by Gasteiger charge is 2.19. The summed E-state index contributed by atoms with van der Waals surface area (Å²) >= 11 is 6.10. The minimum atomic E-state index is -0.802. The molecule has 1 amide bonds. The van der Waals surface area contributed by atoms with Crippen LogP contribution < -0.4 is 15.6 Å². The molecule has 0 bridgehead atoms. The highest BCUT2D eigenvalue weighted by molar-refractivity contribution is 6.31. The Morgan fingerprint density at radius 2 is 1.90 bits per heavy atom. The van der Waals surface area contributed by atoms with E-state index in [9.17, 15) is 14.0 Å². The average molecular weight is 416 g/mol. The standard InChI is InChI=1S/C21H19ClFN3O3/c1-2-18(21(28)24-13-14-5-3-4-6-17(14)22)29-19-11-12-20(27)26(25-19)16-9-7-15(23)8-10-16/h3-12,18H,2,13H2,1H3,(H,24,28). The summed E-state index contributed by atoms with van der Waals surface area (Å²) in [6.07, 6.45) is -0.407. The Labute approximate surface area is 171 Å². The predicted molar refractivity (Wildman–Crippen MR) is 108 cm³/mol. The van der Waals surface area contributed by atoms with Gasteiger partial charge in [0.2, 0.25) is 5.88 Å². The van der Waals surface area contributed by atoms with Crippen LogP contribution in [0.4, 0.5) is 4.39 Å². The molecular weight excluding hydrogens is 397 g/mol. The Balaban J connectivity index is 1.72. The van der Waals surface area contributed by atoms with E-state index in [2.05, 4.69) is 10.4 Å². The molecule has 1 heterocycles. The van der Waals surface area contributed by atoms with Crippen LogP contribution in [0, 0.1) is 5.82 Å². The highest BCUT2D eigenvalue weighted by atomic mass is 35.5. The summed E-state index contributed by atoms with van der Waals surface area (Å²) in [5.74, 6) is -0.641. The van der Waals surface area contributed by atoms with Crippen LogP contribution in [0.25, 0.3) is 5.69 Å². The number of halogens is 2. The SMILES string of the molecule is CCC(Oc1ccc(=O)n(-c2ccc(F)cc2)n1)C(=O)NCc1ccccc1Cl. The first-order chi connectivity index (χ1) is 14.0. The number of amides is 1. The van der Waals surface area contributed by atoms with Gasteiger partial charge in [-0.2, -0.15) is 4.68 Å². The summed E-state index contributed by atoms with van der Waals surface area (Å²) in [4.78, 5) is 24.6. The zero-order valence-corrected chi connectivity index (χ0v) is 16.4. The quantitative estimate of drug-likeness (QED) is 0.641. The van der Waals surface area contributed by atoms with Crippen LogP contribution in [0.15, 0.2) is 65.5 Å². The Hall–Kier alpha value is -3.19. The van der Waals surface area contributed by atoms with Gasteiger partial charge in [0.1, 0.15) is 5.82 Å². The van der Waals surface area contributed by atoms with Crippen LogP contribution in [0.2, 0.25) is 5.02 Å². The van der Waals surface area contributed by atoms with E-state index in [-0.39, 0.29) is 18.3 Å². The van der Waals surface area contributed by atoms with Gasteiger partial charge in [0.05, 0.1) is 5.69 Å². The molecule has 0 radical (unpaired) electrons. The summed E-state index contributed by atoms with van der Waals surface area (Å²) in [5.41, 5.74) is 0.776. The zero-order valence-electron chi connectivity index (χ0n) is 15.6. The number of nitrogens with zero attached hydrogens (tertiary/aromatic N) is 2. The number of aromatic nitrogens is 2. The van der Waals surface area contributed by atoms with Gasteiger partial charge in [-0.15, -0.1) is 5.10 Å². The number of carbonyl (C=O) groups excluding carboxylic acids is 1. The molecule has 6 nitrogen and oxygen atoms in total. The van der Waals surface area contributed by atoms with Gasteiger partial charge in [-0.3, -0.25) is 9.59 Å². The Morgan fingerprint density at radius 1 is 1.17 bits per heavy atom. The number of rotatable bonds is 7. The van der Waals surface area contributed by atoms with Gasteiger partial charge in [-0.25, -0.2) is 4.39 Å². The van der Waals surface area contributed by atoms with Crippen LogP contribution in [0.5, 0.6) is 5.88 Å². The third-order valence-corrected chi connectivity index (χ3v) is 4.55. The maximum absolute atomic E-state index is 13.1. The average Bonchev–Trinajstić information content (AvgIpc) is 2.73. The summed E-state index contributed by atoms with van der Waals surface area (Å²) in [5, 5.41) is 7.49. The summed E-state index contributed by atoms with van der Waals surface area (Å²) < 4.78 is 19.9. The van der Waals surface area contributed by atoms with E-state index >= 15 is 0 Å². The number of hydrogen-bond acceptors (Lipinski definition) is 4. The van der Waals surface area contributed by atoms with E-state index in [0.717, 1.165) is 10.2 Å². The van der Waals surface area contributed by atoms with E-state index in [1.54, 1.807) is 13.0 Å². The lowest BCUT2D eigenvalue weighted by Crippen LogP contribution is -2.38. The molecule has 0 saturated heterocycles.